The molecule has 1 aromatic carbocycles. The lowest BCUT2D eigenvalue weighted by molar-refractivity contribution is 1.14. The van der Waals surface area contributed by atoms with Crippen LogP contribution < -0.4 is 11.3 Å². The third-order valence-electron chi connectivity index (χ3n) is 1.95. The number of H-pyrrole nitrogens is 1. The number of nitrogens with zero attached hydrogens (tertiary/aromatic N) is 1. The molecule has 1 aromatic heterocycles. The lowest BCUT2D eigenvalue weighted by Crippen LogP contribution is -2.09. The fraction of sp³-hybridized carbons (Fsp3) is 0. The molecular formula is C10H7Cl2N3O. The molecule has 0 saturated heterocycles. The molecule has 0 unspecified atom stereocenters. The van der Waals surface area contributed by atoms with Crippen LogP contribution in [0.3, 0.4) is 0 Å². The molecule has 0 saturated carbocycles. The van der Waals surface area contributed by atoms with Crippen LogP contribution >= 0.6 is 23.2 Å². The molecule has 16 heavy (non-hydrogen) atoms. The number of aromatic nitrogens is 2. The molecule has 0 aliphatic rings. The summed E-state index contributed by atoms with van der Waals surface area (Å²) >= 11 is 11.6. The van der Waals surface area contributed by atoms with E-state index in [9.17, 15) is 4.79 Å². The molecule has 3 N–H and O–H groups in total. The Morgan fingerprint density at radius 1 is 1.19 bits per heavy atom. The zero-order chi connectivity index (χ0) is 11.7. The van der Waals surface area contributed by atoms with Crippen molar-refractivity contribution in [2.75, 3.05) is 5.73 Å². The van der Waals surface area contributed by atoms with Gasteiger partial charge in [-0.05, 0) is 18.2 Å². The van der Waals surface area contributed by atoms with Crippen molar-refractivity contribution < 1.29 is 0 Å². The van der Waals surface area contributed by atoms with Gasteiger partial charge in [-0.15, -0.1) is 0 Å². The monoisotopic (exact) mass is 255 g/mol. The number of nitrogen functional groups attached to an aromatic ring is 1. The fourth-order valence-electron chi connectivity index (χ4n) is 1.26. The topological polar surface area (TPSA) is 71.8 Å². The van der Waals surface area contributed by atoms with E-state index in [1.165, 1.54) is 6.07 Å². The Hall–Kier alpha value is -1.52. The van der Waals surface area contributed by atoms with Gasteiger partial charge >= 0.3 is 0 Å². The van der Waals surface area contributed by atoms with Crippen LogP contribution in [0.1, 0.15) is 0 Å². The van der Waals surface area contributed by atoms with Gasteiger partial charge in [0.2, 0.25) is 0 Å². The van der Waals surface area contributed by atoms with E-state index >= 15 is 0 Å². The number of hydrogen-bond acceptors (Lipinski definition) is 3. The quantitative estimate of drug-likeness (QED) is 0.822. The summed E-state index contributed by atoms with van der Waals surface area (Å²) in [5.41, 5.74) is 5.81. The van der Waals surface area contributed by atoms with Crippen LogP contribution in [0.15, 0.2) is 29.1 Å². The molecule has 2 aromatic rings. The Kier molecular flexibility index (Phi) is 2.85. The molecule has 82 valence electrons. The first-order valence-electron chi connectivity index (χ1n) is 4.38. The van der Waals surface area contributed by atoms with Crippen molar-refractivity contribution in [1.82, 2.24) is 9.97 Å². The molecule has 0 bridgehead atoms. The maximum atomic E-state index is 11.2. The number of anilines is 1. The fourth-order valence-corrected chi connectivity index (χ4v) is 1.55. The van der Waals surface area contributed by atoms with Gasteiger partial charge in [0.15, 0.2) is 0 Å². The summed E-state index contributed by atoms with van der Waals surface area (Å²) in [5, 5.41) is 0.834. The second-order valence-electron chi connectivity index (χ2n) is 3.15. The van der Waals surface area contributed by atoms with Crippen LogP contribution in [0.2, 0.25) is 10.0 Å². The highest BCUT2D eigenvalue weighted by Gasteiger charge is 2.05. The van der Waals surface area contributed by atoms with Crippen molar-refractivity contribution in [3.05, 3.63) is 44.7 Å². The summed E-state index contributed by atoms with van der Waals surface area (Å²) in [7, 11) is 0. The summed E-state index contributed by atoms with van der Waals surface area (Å²) in [6.45, 7) is 0. The van der Waals surface area contributed by atoms with E-state index in [-0.39, 0.29) is 11.4 Å². The molecule has 1 heterocycles. The predicted octanol–water partition coefficient (Wildman–Crippen LogP) is 2.33. The van der Waals surface area contributed by atoms with Crippen molar-refractivity contribution in [2.45, 2.75) is 0 Å². The number of halogens is 2. The molecule has 0 spiro atoms. The van der Waals surface area contributed by atoms with Crippen LogP contribution in [0.4, 0.5) is 5.82 Å². The first kappa shape index (κ1) is 11.0. The number of hydrogen-bond donors (Lipinski definition) is 2. The molecule has 0 aliphatic carbocycles. The Bertz CT molecular complexity index is 595. The van der Waals surface area contributed by atoms with Gasteiger partial charge < -0.3 is 10.7 Å². The lowest BCUT2D eigenvalue weighted by atomic mass is 10.2. The van der Waals surface area contributed by atoms with Gasteiger partial charge in [0.25, 0.3) is 5.56 Å². The molecule has 4 nitrogen and oxygen atoms in total. The van der Waals surface area contributed by atoms with Crippen LogP contribution in [0, 0.1) is 0 Å². The van der Waals surface area contributed by atoms with Crippen molar-refractivity contribution >= 4 is 29.0 Å². The van der Waals surface area contributed by atoms with Gasteiger partial charge in [-0.3, -0.25) is 4.79 Å². The number of rotatable bonds is 1. The molecule has 0 atom stereocenters. The van der Waals surface area contributed by atoms with Crippen molar-refractivity contribution in [3.8, 4) is 11.4 Å². The Balaban J connectivity index is 2.58. The van der Waals surface area contributed by atoms with E-state index in [1.807, 2.05) is 0 Å². The summed E-state index contributed by atoms with van der Waals surface area (Å²) in [6, 6.07) is 6.15. The number of nitrogens with one attached hydrogen (secondary N) is 1. The smallest absolute Gasteiger partial charge is 0.253 e. The van der Waals surface area contributed by atoms with E-state index in [4.69, 9.17) is 28.9 Å². The van der Waals surface area contributed by atoms with Crippen LogP contribution in [-0.2, 0) is 0 Å². The second-order valence-corrected chi connectivity index (χ2v) is 3.96. The average Bonchev–Trinajstić information content (AvgIpc) is 2.20. The summed E-state index contributed by atoms with van der Waals surface area (Å²) < 4.78 is 0. The molecular weight excluding hydrogens is 249 g/mol. The van der Waals surface area contributed by atoms with Gasteiger partial charge in [0.1, 0.15) is 11.6 Å². The van der Waals surface area contributed by atoms with Crippen molar-refractivity contribution in [2.24, 2.45) is 0 Å². The first-order chi connectivity index (χ1) is 7.56. The molecule has 0 amide bonds. The lowest BCUT2D eigenvalue weighted by Gasteiger charge is -2.03. The minimum Gasteiger partial charge on any atom is -0.383 e. The van der Waals surface area contributed by atoms with Gasteiger partial charge in [-0.1, -0.05) is 23.2 Å². The zero-order valence-corrected chi connectivity index (χ0v) is 9.51. The van der Waals surface area contributed by atoms with Crippen LogP contribution in [0.25, 0.3) is 11.4 Å². The van der Waals surface area contributed by atoms with Gasteiger partial charge in [-0.2, -0.15) is 0 Å². The number of aromatic amines is 1. The Morgan fingerprint density at radius 2 is 1.94 bits per heavy atom. The van der Waals surface area contributed by atoms with Gasteiger partial charge in [0, 0.05) is 11.6 Å². The molecule has 6 heteroatoms. The SMILES string of the molecule is Nc1cc(=O)[nH]c(-c2ccc(Cl)c(Cl)c2)n1. The van der Waals surface area contributed by atoms with Crippen molar-refractivity contribution in [1.29, 1.82) is 0 Å². The maximum absolute atomic E-state index is 11.2. The molecule has 0 radical (unpaired) electrons. The summed E-state index contributed by atoms with van der Waals surface area (Å²) in [6.07, 6.45) is 0. The normalized spacial score (nSPS) is 10.4. The van der Waals surface area contributed by atoms with E-state index in [0.29, 0.717) is 21.4 Å². The maximum Gasteiger partial charge on any atom is 0.253 e. The summed E-state index contributed by atoms with van der Waals surface area (Å²) in [5.74, 6) is 0.522. The Labute approximate surface area is 101 Å². The minimum atomic E-state index is -0.312. The van der Waals surface area contributed by atoms with Gasteiger partial charge in [0.05, 0.1) is 10.0 Å². The molecule has 2 rings (SSSR count). The van der Waals surface area contributed by atoms with Gasteiger partial charge in [-0.25, -0.2) is 4.98 Å². The van der Waals surface area contributed by atoms with E-state index < -0.39 is 0 Å². The van der Waals surface area contributed by atoms with Crippen molar-refractivity contribution in [3.63, 3.8) is 0 Å². The highest BCUT2D eigenvalue weighted by atomic mass is 35.5. The highest BCUT2D eigenvalue weighted by molar-refractivity contribution is 6.42. The third kappa shape index (κ3) is 2.18. The second kappa shape index (κ2) is 4.15. The summed E-state index contributed by atoms with van der Waals surface area (Å²) in [4.78, 5) is 17.8. The average molecular weight is 256 g/mol. The molecule has 0 aliphatic heterocycles. The number of benzene rings is 1. The third-order valence-corrected chi connectivity index (χ3v) is 2.69. The zero-order valence-electron chi connectivity index (χ0n) is 8.00. The van der Waals surface area contributed by atoms with E-state index in [2.05, 4.69) is 9.97 Å². The largest absolute Gasteiger partial charge is 0.383 e. The highest BCUT2D eigenvalue weighted by Crippen LogP contribution is 2.26. The van der Waals surface area contributed by atoms with E-state index in [1.54, 1.807) is 18.2 Å². The predicted molar refractivity (Wildman–Crippen MR) is 64.7 cm³/mol. The van der Waals surface area contributed by atoms with Crippen LogP contribution in [-0.4, -0.2) is 9.97 Å². The first-order valence-corrected chi connectivity index (χ1v) is 5.14. The Morgan fingerprint density at radius 3 is 2.56 bits per heavy atom. The van der Waals surface area contributed by atoms with E-state index in [0.717, 1.165) is 0 Å². The van der Waals surface area contributed by atoms with Crippen LogP contribution in [0.5, 0.6) is 0 Å². The minimum absolute atomic E-state index is 0.157. The molecule has 0 fully saturated rings. The standard InChI is InChI=1S/C10H7Cl2N3O/c11-6-2-1-5(3-7(6)12)10-14-8(13)4-9(16)15-10/h1-4H,(H3,13,14,15,16). The number of nitrogens with two attached hydrogens (primary N) is 1.